The molecule has 2 aromatic rings. The summed E-state index contributed by atoms with van der Waals surface area (Å²) in [6, 6.07) is 6.84. The van der Waals surface area contributed by atoms with Gasteiger partial charge in [-0.2, -0.15) is 0 Å². The van der Waals surface area contributed by atoms with Crippen molar-refractivity contribution in [3.05, 3.63) is 46.1 Å². The summed E-state index contributed by atoms with van der Waals surface area (Å²) in [6.45, 7) is 2.93. The molecule has 0 N–H and O–H groups in total. The molecule has 0 saturated carbocycles. The van der Waals surface area contributed by atoms with Crippen LogP contribution < -0.4 is 4.90 Å². The van der Waals surface area contributed by atoms with Gasteiger partial charge in [-0.25, -0.2) is 14.4 Å². The van der Waals surface area contributed by atoms with Crippen molar-refractivity contribution in [3.8, 4) is 0 Å². The molecule has 0 amide bonds. The average Bonchev–Trinajstić information content (AvgIpc) is 2.81. The lowest BCUT2D eigenvalue weighted by molar-refractivity contribution is 0.628. The Morgan fingerprint density at radius 3 is 2.95 bits per heavy atom. The Bertz CT molecular complexity index is 645. The summed E-state index contributed by atoms with van der Waals surface area (Å²) in [5.74, 6) is 1.44. The Hall–Kier alpha value is -1.49. The highest BCUT2D eigenvalue weighted by Gasteiger charge is 2.22. The second kappa shape index (κ2) is 5.48. The third-order valence-electron chi connectivity index (χ3n) is 3.42. The number of rotatable bonds is 3. The standard InChI is InChI=1S/C15H15BrFN3/c1-2-3-14-18-13(16)9-15(19-14)20-7-6-10-4-5-11(17)8-12(10)20/h4-5,8-9H,2-3,6-7H2,1H3. The van der Waals surface area contributed by atoms with Crippen LogP contribution in [0.4, 0.5) is 15.9 Å². The second-order valence-corrected chi connectivity index (χ2v) is 5.70. The molecule has 2 heterocycles. The van der Waals surface area contributed by atoms with E-state index in [1.54, 1.807) is 6.07 Å². The van der Waals surface area contributed by atoms with Crippen LogP contribution in [-0.4, -0.2) is 16.5 Å². The Morgan fingerprint density at radius 2 is 2.15 bits per heavy atom. The molecular weight excluding hydrogens is 321 g/mol. The molecule has 1 aromatic carbocycles. The van der Waals surface area contributed by atoms with Gasteiger partial charge in [0.1, 0.15) is 22.1 Å². The zero-order valence-electron chi connectivity index (χ0n) is 11.2. The molecule has 0 radical (unpaired) electrons. The number of fused-ring (bicyclic) bond motifs is 1. The highest BCUT2D eigenvalue weighted by molar-refractivity contribution is 9.10. The van der Waals surface area contributed by atoms with E-state index in [1.165, 1.54) is 6.07 Å². The summed E-state index contributed by atoms with van der Waals surface area (Å²) in [5.41, 5.74) is 2.08. The fourth-order valence-corrected chi connectivity index (χ4v) is 2.93. The first-order valence-corrected chi connectivity index (χ1v) is 7.56. The highest BCUT2D eigenvalue weighted by atomic mass is 79.9. The summed E-state index contributed by atoms with van der Waals surface area (Å²) in [5, 5.41) is 0. The highest BCUT2D eigenvalue weighted by Crippen LogP contribution is 2.34. The van der Waals surface area contributed by atoms with Crippen molar-refractivity contribution in [2.45, 2.75) is 26.2 Å². The van der Waals surface area contributed by atoms with Gasteiger partial charge in [-0.3, -0.25) is 0 Å². The maximum absolute atomic E-state index is 13.5. The molecule has 5 heteroatoms. The van der Waals surface area contributed by atoms with Crippen molar-refractivity contribution < 1.29 is 4.39 Å². The van der Waals surface area contributed by atoms with Crippen LogP contribution in [0.1, 0.15) is 24.7 Å². The molecule has 1 aromatic heterocycles. The predicted octanol–water partition coefficient (Wildman–Crippen LogP) is 4.02. The maximum atomic E-state index is 13.5. The monoisotopic (exact) mass is 335 g/mol. The Morgan fingerprint density at radius 1 is 1.30 bits per heavy atom. The summed E-state index contributed by atoms with van der Waals surface area (Å²) in [7, 11) is 0. The molecule has 104 valence electrons. The molecule has 1 aliphatic heterocycles. The summed E-state index contributed by atoms with van der Waals surface area (Å²) in [4.78, 5) is 11.0. The Balaban J connectivity index is 2.01. The quantitative estimate of drug-likeness (QED) is 0.793. The largest absolute Gasteiger partial charge is 0.326 e. The van der Waals surface area contributed by atoms with E-state index in [0.29, 0.717) is 0 Å². The molecule has 0 spiro atoms. The van der Waals surface area contributed by atoms with Crippen molar-refractivity contribution in [1.82, 2.24) is 9.97 Å². The van der Waals surface area contributed by atoms with Crippen molar-refractivity contribution in [2.24, 2.45) is 0 Å². The minimum atomic E-state index is -0.211. The van der Waals surface area contributed by atoms with E-state index in [1.807, 2.05) is 12.1 Å². The van der Waals surface area contributed by atoms with Gasteiger partial charge < -0.3 is 4.90 Å². The molecular formula is C15H15BrFN3. The van der Waals surface area contributed by atoms with Gasteiger partial charge in [-0.1, -0.05) is 13.0 Å². The fraction of sp³-hybridized carbons (Fsp3) is 0.333. The number of nitrogens with zero attached hydrogens (tertiary/aromatic N) is 3. The van der Waals surface area contributed by atoms with Crippen LogP contribution in [0.5, 0.6) is 0 Å². The second-order valence-electron chi connectivity index (χ2n) is 4.89. The van der Waals surface area contributed by atoms with E-state index < -0.39 is 0 Å². The smallest absolute Gasteiger partial charge is 0.137 e. The van der Waals surface area contributed by atoms with Crippen LogP contribution in [0.15, 0.2) is 28.9 Å². The van der Waals surface area contributed by atoms with Gasteiger partial charge >= 0.3 is 0 Å². The van der Waals surface area contributed by atoms with E-state index in [9.17, 15) is 4.39 Å². The number of anilines is 2. The number of hydrogen-bond acceptors (Lipinski definition) is 3. The van der Waals surface area contributed by atoms with Gasteiger partial charge in [0.05, 0.1) is 0 Å². The van der Waals surface area contributed by atoms with Gasteiger partial charge in [-0.15, -0.1) is 0 Å². The van der Waals surface area contributed by atoms with Gasteiger partial charge in [0.15, 0.2) is 0 Å². The SMILES string of the molecule is CCCc1nc(Br)cc(N2CCc3ccc(F)cc32)n1. The molecule has 0 unspecified atom stereocenters. The average molecular weight is 336 g/mol. The molecule has 0 atom stereocenters. The molecule has 20 heavy (non-hydrogen) atoms. The molecule has 0 bridgehead atoms. The topological polar surface area (TPSA) is 29.0 Å². The van der Waals surface area contributed by atoms with Gasteiger partial charge in [0.25, 0.3) is 0 Å². The van der Waals surface area contributed by atoms with Crippen LogP contribution in [0, 0.1) is 5.82 Å². The van der Waals surface area contributed by atoms with Crippen LogP contribution in [-0.2, 0) is 12.8 Å². The predicted molar refractivity (Wildman–Crippen MR) is 80.8 cm³/mol. The fourth-order valence-electron chi connectivity index (χ4n) is 2.52. The molecule has 0 saturated heterocycles. The lowest BCUT2D eigenvalue weighted by Gasteiger charge is -2.19. The minimum absolute atomic E-state index is 0.211. The number of benzene rings is 1. The Kier molecular flexibility index (Phi) is 3.70. The molecule has 1 aliphatic rings. The summed E-state index contributed by atoms with van der Waals surface area (Å²) < 4.78 is 14.2. The first kappa shape index (κ1) is 13.5. The number of aromatic nitrogens is 2. The lowest BCUT2D eigenvalue weighted by Crippen LogP contribution is -2.16. The van der Waals surface area contributed by atoms with E-state index >= 15 is 0 Å². The van der Waals surface area contributed by atoms with Gasteiger partial charge in [-0.05, 0) is 46.5 Å². The first-order chi connectivity index (χ1) is 9.67. The van der Waals surface area contributed by atoms with Crippen molar-refractivity contribution in [2.75, 3.05) is 11.4 Å². The minimum Gasteiger partial charge on any atom is -0.326 e. The maximum Gasteiger partial charge on any atom is 0.137 e. The number of aryl methyl sites for hydroxylation is 1. The number of hydrogen-bond donors (Lipinski definition) is 0. The lowest BCUT2D eigenvalue weighted by atomic mass is 10.2. The molecule has 0 fully saturated rings. The van der Waals surface area contributed by atoms with Crippen molar-refractivity contribution >= 4 is 27.4 Å². The van der Waals surface area contributed by atoms with Crippen molar-refractivity contribution in [1.29, 1.82) is 0 Å². The number of halogens is 2. The van der Waals surface area contributed by atoms with Crippen molar-refractivity contribution in [3.63, 3.8) is 0 Å². The summed E-state index contributed by atoms with van der Waals surface area (Å²) >= 11 is 3.43. The van der Waals surface area contributed by atoms with Crippen LogP contribution >= 0.6 is 15.9 Å². The normalized spacial score (nSPS) is 13.7. The zero-order valence-corrected chi connectivity index (χ0v) is 12.8. The van der Waals surface area contributed by atoms with Crippen LogP contribution in [0.2, 0.25) is 0 Å². The molecule has 0 aliphatic carbocycles. The third-order valence-corrected chi connectivity index (χ3v) is 3.83. The van der Waals surface area contributed by atoms with Crippen LogP contribution in [0.3, 0.4) is 0 Å². The molecule has 3 nitrogen and oxygen atoms in total. The van der Waals surface area contributed by atoms with Gasteiger partial charge in [0, 0.05) is 24.7 Å². The zero-order chi connectivity index (χ0) is 14.1. The third kappa shape index (κ3) is 2.54. The van der Waals surface area contributed by atoms with E-state index in [-0.39, 0.29) is 5.82 Å². The van der Waals surface area contributed by atoms with E-state index in [0.717, 1.165) is 53.3 Å². The Labute approximate surface area is 126 Å². The van der Waals surface area contributed by atoms with Crippen LogP contribution in [0.25, 0.3) is 0 Å². The van der Waals surface area contributed by atoms with E-state index in [4.69, 9.17) is 0 Å². The summed E-state index contributed by atoms with van der Waals surface area (Å²) in [6.07, 6.45) is 2.76. The van der Waals surface area contributed by atoms with E-state index in [2.05, 4.69) is 37.7 Å². The first-order valence-electron chi connectivity index (χ1n) is 6.77. The van der Waals surface area contributed by atoms with Gasteiger partial charge in [0.2, 0.25) is 0 Å². The molecule has 3 rings (SSSR count).